The molecule has 4 aromatic rings. The first-order valence-electron chi connectivity index (χ1n) is 12.6. The number of nitrogens with zero attached hydrogens (tertiary/aromatic N) is 1. The third-order valence-electron chi connectivity index (χ3n) is 7.07. The van der Waals surface area contributed by atoms with Gasteiger partial charge in [-0.2, -0.15) is 13.2 Å². The first-order valence-corrected chi connectivity index (χ1v) is 13.3. The Kier molecular flexibility index (Phi) is 8.06. The van der Waals surface area contributed by atoms with E-state index in [4.69, 9.17) is 23.2 Å². The summed E-state index contributed by atoms with van der Waals surface area (Å²) in [7, 11) is 0. The lowest BCUT2D eigenvalue weighted by Gasteiger charge is -2.49. The molecule has 9 heteroatoms. The molecule has 5 rings (SSSR count). The topological polar surface area (TPSA) is 20.3 Å². The molecule has 0 N–H and O–H groups in total. The smallest absolute Gasteiger partial charge is 0.289 e. The van der Waals surface area contributed by atoms with Gasteiger partial charge in [-0.25, -0.2) is 8.78 Å². The van der Waals surface area contributed by atoms with Gasteiger partial charge in [-0.05, 0) is 40.5 Å². The lowest BCUT2D eigenvalue weighted by atomic mass is 9.83. The normalized spacial score (nSPS) is 15.6. The van der Waals surface area contributed by atoms with Crippen LogP contribution in [0, 0.1) is 5.82 Å². The van der Waals surface area contributed by atoms with Gasteiger partial charge in [0.1, 0.15) is 0 Å². The molecule has 41 heavy (non-hydrogen) atoms. The molecule has 0 saturated carbocycles. The molecule has 2 nitrogen and oxygen atoms in total. The highest BCUT2D eigenvalue weighted by Gasteiger charge is 2.48. The number of halogens is 7. The van der Waals surface area contributed by atoms with E-state index < -0.39 is 44.6 Å². The van der Waals surface area contributed by atoms with E-state index in [0.29, 0.717) is 11.6 Å². The van der Waals surface area contributed by atoms with E-state index in [1.165, 1.54) is 24.3 Å². The van der Waals surface area contributed by atoms with Gasteiger partial charge in [0, 0.05) is 18.7 Å². The van der Waals surface area contributed by atoms with Crippen molar-refractivity contribution >= 4 is 34.6 Å². The maximum absolute atomic E-state index is 16.0. The van der Waals surface area contributed by atoms with Gasteiger partial charge in [0.25, 0.3) is 0 Å². The molecule has 0 radical (unpaired) electrons. The number of hydrogen-bond acceptors (Lipinski definition) is 2. The summed E-state index contributed by atoms with van der Waals surface area (Å²) < 4.78 is 71.1. The quantitative estimate of drug-likeness (QED) is 0.0910. The van der Waals surface area contributed by atoms with Crippen molar-refractivity contribution < 1.29 is 26.7 Å². The Morgan fingerprint density at radius 2 is 1.29 bits per heavy atom. The molecule has 0 atom stereocenters. The van der Waals surface area contributed by atoms with Gasteiger partial charge in [0.15, 0.2) is 17.3 Å². The molecule has 1 aliphatic rings. The van der Waals surface area contributed by atoms with Crippen molar-refractivity contribution in [2.45, 2.75) is 17.9 Å². The Bertz CT molecular complexity index is 1520. The van der Waals surface area contributed by atoms with E-state index >= 15 is 4.39 Å². The first-order chi connectivity index (χ1) is 19.5. The Balaban J connectivity index is 1.36. The number of likely N-dealkylation sites (tertiary alicyclic amines) is 1. The van der Waals surface area contributed by atoms with E-state index in [9.17, 15) is 22.4 Å². The average Bonchev–Trinajstić information content (AvgIpc) is 2.94. The fraction of sp³-hybridized carbons (Fsp3) is 0.156. The predicted octanol–water partition coefficient (Wildman–Crippen LogP) is 9.23. The van der Waals surface area contributed by atoms with Gasteiger partial charge in [0.05, 0.1) is 21.7 Å². The van der Waals surface area contributed by atoms with E-state index in [2.05, 4.69) is 0 Å². The third kappa shape index (κ3) is 6.08. The molecule has 1 fully saturated rings. The lowest BCUT2D eigenvalue weighted by molar-refractivity contribution is -0.0689. The summed E-state index contributed by atoms with van der Waals surface area (Å²) in [4.78, 5) is 14.8. The minimum Gasteiger partial charge on any atom is -0.289 e. The molecule has 1 heterocycles. The average molecular weight is 602 g/mol. The zero-order valence-electron chi connectivity index (χ0n) is 21.3. The van der Waals surface area contributed by atoms with Crippen molar-refractivity contribution in [3.8, 4) is 0 Å². The Hall–Kier alpha value is -3.52. The summed E-state index contributed by atoms with van der Waals surface area (Å²) in [5, 5.41) is -1.21. The maximum atomic E-state index is 16.0. The van der Waals surface area contributed by atoms with Crippen molar-refractivity contribution in [2.24, 2.45) is 0 Å². The summed E-state index contributed by atoms with van der Waals surface area (Å²) in [6, 6.07) is 26.3. The second-order valence-corrected chi connectivity index (χ2v) is 10.7. The number of allylic oxidation sites excluding steroid dienone is 2. The van der Waals surface area contributed by atoms with Crippen LogP contribution in [0.4, 0.5) is 22.0 Å². The van der Waals surface area contributed by atoms with Crippen LogP contribution >= 0.6 is 23.2 Å². The Morgan fingerprint density at radius 3 is 1.76 bits per heavy atom. The lowest BCUT2D eigenvalue weighted by Crippen LogP contribution is -2.57. The summed E-state index contributed by atoms with van der Waals surface area (Å²) in [6.07, 6.45) is -4.55. The fourth-order valence-corrected chi connectivity index (χ4v) is 5.52. The number of rotatable bonds is 7. The SMILES string of the molecule is O=C(C=C(c1cc(Cl)c(F)c(Cl)c1)C(F)(F)F)c1ccc(C2(F)CN(C(c3ccccc3)c3ccccc3)C2)cc1. The van der Waals surface area contributed by atoms with Crippen LogP contribution in [0.2, 0.25) is 10.0 Å². The van der Waals surface area contributed by atoms with E-state index in [1.807, 2.05) is 65.6 Å². The second kappa shape index (κ2) is 11.4. The minimum atomic E-state index is -4.95. The van der Waals surface area contributed by atoms with Crippen LogP contribution in [0.15, 0.2) is 103 Å². The molecule has 0 spiro atoms. The van der Waals surface area contributed by atoms with Crippen LogP contribution in [-0.4, -0.2) is 29.9 Å². The number of benzene rings is 4. The number of ketones is 1. The molecule has 0 aliphatic carbocycles. The molecule has 0 unspecified atom stereocenters. The summed E-state index contributed by atoms with van der Waals surface area (Å²) >= 11 is 11.3. The minimum absolute atomic E-state index is 0.0685. The maximum Gasteiger partial charge on any atom is 0.417 e. The highest BCUT2D eigenvalue weighted by Crippen LogP contribution is 2.43. The van der Waals surface area contributed by atoms with Crippen molar-refractivity contribution in [1.29, 1.82) is 0 Å². The van der Waals surface area contributed by atoms with E-state index in [1.54, 1.807) is 0 Å². The molecular formula is C32H22Cl2F5NO. The zero-order chi connectivity index (χ0) is 29.4. The van der Waals surface area contributed by atoms with Gasteiger partial charge in [0.2, 0.25) is 0 Å². The highest BCUT2D eigenvalue weighted by atomic mass is 35.5. The number of alkyl halides is 4. The monoisotopic (exact) mass is 601 g/mol. The van der Waals surface area contributed by atoms with E-state index in [0.717, 1.165) is 23.3 Å². The standard InChI is InChI=1S/C32H22Cl2F5NO/c33-26-15-23(16-27(34)29(26)35)25(32(37,38)39)17-28(41)20-11-13-24(14-12-20)31(36)18-40(19-31)30(21-7-3-1-4-8-21)22-9-5-2-6-10-22/h1-17,30H,18-19H2. The molecule has 210 valence electrons. The number of carbonyl (C=O) groups excluding carboxylic acids is 1. The fourth-order valence-electron chi connectivity index (χ4n) is 5.03. The largest absolute Gasteiger partial charge is 0.417 e. The number of hydrogen-bond donors (Lipinski definition) is 0. The van der Waals surface area contributed by atoms with Crippen LogP contribution < -0.4 is 0 Å². The van der Waals surface area contributed by atoms with Crippen LogP contribution in [0.25, 0.3) is 5.57 Å². The molecular weight excluding hydrogens is 580 g/mol. The van der Waals surface area contributed by atoms with Crippen LogP contribution in [0.3, 0.4) is 0 Å². The van der Waals surface area contributed by atoms with Crippen molar-refractivity contribution in [2.75, 3.05) is 13.1 Å². The Morgan fingerprint density at radius 1 is 0.805 bits per heavy atom. The van der Waals surface area contributed by atoms with Crippen molar-refractivity contribution in [3.05, 3.63) is 147 Å². The van der Waals surface area contributed by atoms with Crippen molar-refractivity contribution in [1.82, 2.24) is 4.90 Å². The highest BCUT2D eigenvalue weighted by molar-refractivity contribution is 6.35. The van der Waals surface area contributed by atoms with Gasteiger partial charge in [-0.3, -0.25) is 9.69 Å². The van der Waals surface area contributed by atoms with Gasteiger partial charge in [-0.15, -0.1) is 0 Å². The van der Waals surface area contributed by atoms with Gasteiger partial charge < -0.3 is 0 Å². The van der Waals surface area contributed by atoms with E-state index in [-0.39, 0.29) is 24.7 Å². The molecule has 0 bridgehead atoms. The predicted molar refractivity (Wildman–Crippen MR) is 150 cm³/mol. The molecule has 4 aromatic carbocycles. The molecule has 0 amide bonds. The molecule has 0 aromatic heterocycles. The van der Waals surface area contributed by atoms with Gasteiger partial charge in [-0.1, -0.05) is 108 Å². The van der Waals surface area contributed by atoms with Gasteiger partial charge >= 0.3 is 6.18 Å². The Labute approximate surface area is 243 Å². The van der Waals surface area contributed by atoms with Crippen LogP contribution in [-0.2, 0) is 5.67 Å². The molecule has 1 saturated heterocycles. The molecule has 1 aliphatic heterocycles. The summed E-state index contributed by atoms with van der Waals surface area (Å²) in [6.45, 7) is 0.192. The number of carbonyl (C=O) groups is 1. The van der Waals surface area contributed by atoms with Crippen LogP contribution in [0.1, 0.15) is 38.7 Å². The first kappa shape index (κ1) is 29.0. The van der Waals surface area contributed by atoms with Crippen molar-refractivity contribution in [3.63, 3.8) is 0 Å². The summed E-state index contributed by atoms with van der Waals surface area (Å²) in [5.41, 5.74) is -1.28. The van der Waals surface area contributed by atoms with Crippen LogP contribution in [0.5, 0.6) is 0 Å². The zero-order valence-corrected chi connectivity index (χ0v) is 22.8. The summed E-state index contributed by atoms with van der Waals surface area (Å²) in [5.74, 6) is -2.02. The third-order valence-corrected chi connectivity index (χ3v) is 7.62. The second-order valence-electron chi connectivity index (χ2n) is 9.85.